The number of ketones is 1. The highest BCUT2D eigenvalue weighted by Gasteiger charge is 2.37. The van der Waals surface area contributed by atoms with Crippen molar-refractivity contribution in [1.29, 1.82) is 0 Å². The molecule has 2 heterocycles. The topological polar surface area (TPSA) is 42.4 Å². The van der Waals surface area contributed by atoms with Crippen LogP contribution in [0.4, 0.5) is 10.2 Å². The number of aromatic nitrogens is 1. The molecule has 156 valence electrons. The third-order valence-electron chi connectivity index (χ3n) is 6.14. The minimum absolute atomic E-state index is 0.0785. The van der Waals surface area contributed by atoms with Gasteiger partial charge in [0.05, 0.1) is 19.7 Å². The Kier molecular flexibility index (Phi) is 5.97. The Morgan fingerprint density at radius 2 is 1.90 bits per heavy atom. The molecule has 2 aromatic rings. The number of nitrogens with zero attached hydrogens (tertiary/aromatic N) is 2. The molecule has 1 aromatic carbocycles. The number of carbonyl (C=O) groups excluding carboxylic acids is 1. The zero-order chi connectivity index (χ0) is 21.4. The van der Waals surface area contributed by atoms with Crippen molar-refractivity contribution in [3.05, 3.63) is 47.4 Å². The fourth-order valence-corrected chi connectivity index (χ4v) is 4.06. The van der Waals surface area contributed by atoms with E-state index in [2.05, 4.69) is 38.8 Å². The van der Waals surface area contributed by atoms with Crippen molar-refractivity contribution in [1.82, 2.24) is 4.98 Å². The van der Waals surface area contributed by atoms with E-state index < -0.39 is 8.32 Å². The summed E-state index contributed by atoms with van der Waals surface area (Å²) in [5.41, 5.74) is 2.89. The summed E-state index contributed by atoms with van der Waals surface area (Å²) in [6, 6.07) is 7.44. The zero-order valence-electron chi connectivity index (χ0n) is 18.3. The summed E-state index contributed by atoms with van der Waals surface area (Å²) in [4.78, 5) is 17.8. The Bertz CT molecular complexity index is 914. The Morgan fingerprint density at radius 1 is 1.21 bits per heavy atom. The molecule has 0 radical (unpaired) electrons. The molecule has 1 aliphatic rings. The van der Waals surface area contributed by atoms with Crippen LogP contribution < -0.4 is 4.90 Å². The van der Waals surface area contributed by atoms with Gasteiger partial charge >= 0.3 is 0 Å². The first kappa shape index (κ1) is 21.7. The largest absolute Gasteiger partial charge is 0.412 e. The Hall–Kier alpha value is -2.05. The molecule has 0 aliphatic carbocycles. The minimum Gasteiger partial charge on any atom is -0.412 e. The van der Waals surface area contributed by atoms with Gasteiger partial charge in [0.2, 0.25) is 0 Å². The molecule has 0 spiro atoms. The number of anilines is 1. The van der Waals surface area contributed by atoms with Gasteiger partial charge in [-0.15, -0.1) is 0 Å². The summed E-state index contributed by atoms with van der Waals surface area (Å²) in [7, 11) is -1.96. The van der Waals surface area contributed by atoms with Gasteiger partial charge in [0.1, 0.15) is 11.6 Å². The lowest BCUT2D eigenvalue weighted by atomic mass is 10.0. The van der Waals surface area contributed by atoms with E-state index in [1.807, 2.05) is 24.0 Å². The van der Waals surface area contributed by atoms with E-state index >= 15 is 4.39 Å². The van der Waals surface area contributed by atoms with Crippen LogP contribution in [0, 0.1) is 5.82 Å². The van der Waals surface area contributed by atoms with Crippen LogP contribution in [-0.2, 0) is 22.2 Å². The monoisotopic (exact) mass is 414 g/mol. The second-order valence-corrected chi connectivity index (χ2v) is 14.1. The van der Waals surface area contributed by atoms with Crippen LogP contribution in [0.5, 0.6) is 0 Å². The predicted molar refractivity (Wildman–Crippen MR) is 118 cm³/mol. The maximum atomic E-state index is 15.3. The second kappa shape index (κ2) is 7.99. The van der Waals surface area contributed by atoms with Crippen molar-refractivity contribution in [3.8, 4) is 11.1 Å². The van der Waals surface area contributed by atoms with Gasteiger partial charge in [0.15, 0.2) is 14.1 Å². The summed E-state index contributed by atoms with van der Waals surface area (Å²) < 4.78 is 21.5. The minimum atomic E-state index is -1.96. The molecule has 1 aromatic heterocycles. The number of hydrogen-bond donors (Lipinski definition) is 0. The third kappa shape index (κ3) is 4.43. The van der Waals surface area contributed by atoms with Crippen LogP contribution in [0.3, 0.4) is 0 Å². The van der Waals surface area contributed by atoms with Gasteiger partial charge in [-0.05, 0) is 36.2 Å². The highest BCUT2D eigenvalue weighted by Crippen LogP contribution is 2.37. The lowest BCUT2D eigenvalue weighted by Gasteiger charge is -2.36. The van der Waals surface area contributed by atoms with E-state index in [-0.39, 0.29) is 23.2 Å². The van der Waals surface area contributed by atoms with E-state index in [9.17, 15) is 4.79 Å². The average Bonchev–Trinajstić information content (AvgIpc) is 2.63. The van der Waals surface area contributed by atoms with Gasteiger partial charge in [-0.3, -0.25) is 4.79 Å². The molecule has 1 fully saturated rings. The molecule has 29 heavy (non-hydrogen) atoms. The SMILES string of the molecule is CCc1cc(-c2cccc(CO[Si](C)(C)C(C)(C)C)c2F)cnc1N1CC(=O)C1. The lowest BCUT2D eigenvalue weighted by molar-refractivity contribution is -0.119. The number of rotatable bonds is 6. The molecule has 6 heteroatoms. The van der Waals surface area contributed by atoms with Gasteiger partial charge in [-0.25, -0.2) is 9.37 Å². The summed E-state index contributed by atoms with van der Waals surface area (Å²) in [5, 5.41) is 0.0785. The van der Waals surface area contributed by atoms with Crippen LogP contribution in [0.15, 0.2) is 30.5 Å². The van der Waals surface area contributed by atoms with Gasteiger partial charge < -0.3 is 9.33 Å². The Morgan fingerprint density at radius 3 is 2.48 bits per heavy atom. The normalized spacial score (nSPS) is 14.9. The number of aryl methyl sites for hydroxylation is 1. The first-order valence-electron chi connectivity index (χ1n) is 10.2. The molecule has 1 aliphatic heterocycles. The summed E-state index contributed by atoms with van der Waals surface area (Å²) >= 11 is 0. The van der Waals surface area contributed by atoms with Gasteiger partial charge in [0.25, 0.3) is 0 Å². The van der Waals surface area contributed by atoms with Crippen molar-refractivity contribution in [3.63, 3.8) is 0 Å². The molecule has 0 saturated carbocycles. The molecule has 3 rings (SSSR count). The fraction of sp³-hybridized carbons (Fsp3) is 0.478. The van der Waals surface area contributed by atoms with Crippen molar-refractivity contribution in [2.75, 3.05) is 18.0 Å². The maximum absolute atomic E-state index is 15.3. The summed E-state index contributed by atoms with van der Waals surface area (Å²) in [6.07, 6.45) is 2.48. The van der Waals surface area contributed by atoms with Crippen LogP contribution in [0.25, 0.3) is 11.1 Å². The number of benzene rings is 1. The molecule has 4 nitrogen and oxygen atoms in total. The van der Waals surface area contributed by atoms with E-state index in [0.717, 1.165) is 23.4 Å². The zero-order valence-corrected chi connectivity index (χ0v) is 19.3. The molecular weight excluding hydrogens is 383 g/mol. The van der Waals surface area contributed by atoms with Crippen LogP contribution in [0.1, 0.15) is 38.8 Å². The van der Waals surface area contributed by atoms with Crippen molar-refractivity contribution < 1.29 is 13.6 Å². The number of halogens is 1. The average molecular weight is 415 g/mol. The standard InChI is InChI=1S/C23H31FN2O2Si/c1-7-16-11-18(12-25-22(16)26-13-19(27)14-26)20-10-8-9-17(21(20)24)15-28-29(5,6)23(2,3)4/h8-12H,7,13-15H2,1-6H3. The van der Waals surface area contributed by atoms with Gasteiger partial charge in [0, 0.05) is 22.9 Å². The smallest absolute Gasteiger partial charge is 0.192 e. The van der Waals surface area contributed by atoms with Crippen molar-refractivity contribution >= 4 is 19.9 Å². The molecular formula is C23H31FN2O2Si. The van der Waals surface area contributed by atoms with E-state index in [1.54, 1.807) is 18.3 Å². The highest BCUT2D eigenvalue weighted by molar-refractivity contribution is 6.74. The summed E-state index contributed by atoms with van der Waals surface area (Å²) in [6.45, 7) is 14.0. The first-order valence-corrected chi connectivity index (χ1v) is 13.1. The summed E-state index contributed by atoms with van der Waals surface area (Å²) in [5.74, 6) is 0.800. The van der Waals surface area contributed by atoms with Crippen LogP contribution in [0.2, 0.25) is 18.1 Å². The van der Waals surface area contributed by atoms with Crippen LogP contribution in [-0.4, -0.2) is 32.2 Å². The molecule has 0 amide bonds. The predicted octanol–water partition coefficient (Wildman–Crippen LogP) is 5.36. The van der Waals surface area contributed by atoms with E-state index in [0.29, 0.717) is 24.2 Å². The third-order valence-corrected chi connectivity index (χ3v) is 10.6. The van der Waals surface area contributed by atoms with E-state index in [1.165, 1.54) is 0 Å². The Labute approximate surface area is 174 Å². The number of Topliss-reactive ketones (excluding diaryl/α,β-unsaturated/α-hetero) is 1. The van der Waals surface area contributed by atoms with E-state index in [4.69, 9.17) is 4.43 Å². The Balaban J connectivity index is 1.86. The molecule has 0 bridgehead atoms. The maximum Gasteiger partial charge on any atom is 0.192 e. The quantitative estimate of drug-likeness (QED) is 0.597. The van der Waals surface area contributed by atoms with Crippen molar-refractivity contribution in [2.24, 2.45) is 0 Å². The second-order valence-electron chi connectivity index (χ2n) is 9.28. The molecule has 0 atom stereocenters. The molecule has 0 N–H and O–H groups in total. The van der Waals surface area contributed by atoms with Gasteiger partial charge in [-0.2, -0.15) is 0 Å². The van der Waals surface area contributed by atoms with Crippen LogP contribution >= 0.6 is 0 Å². The first-order chi connectivity index (χ1) is 13.5. The lowest BCUT2D eigenvalue weighted by Crippen LogP contribution is -2.48. The number of pyridine rings is 1. The molecule has 0 unspecified atom stereocenters. The number of carbonyl (C=O) groups is 1. The fourth-order valence-electron chi connectivity index (χ4n) is 3.11. The molecule has 1 saturated heterocycles. The number of hydrogen-bond acceptors (Lipinski definition) is 4. The highest BCUT2D eigenvalue weighted by atomic mass is 28.4. The van der Waals surface area contributed by atoms with Gasteiger partial charge in [-0.1, -0.05) is 45.9 Å². The van der Waals surface area contributed by atoms with Crippen molar-refractivity contribution in [2.45, 2.75) is 58.9 Å².